The topological polar surface area (TPSA) is 37.3 Å². The SMILES string of the molecule is C=C[C@H]([C@@H](O)C1CCCCC1)P(=O)(c1ccccc1)c1ccccc1. The third-order valence-electron chi connectivity index (χ3n) is 5.42. The van der Waals surface area contributed by atoms with Gasteiger partial charge in [-0.25, -0.2) is 0 Å². The molecule has 0 radical (unpaired) electrons. The summed E-state index contributed by atoms with van der Waals surface area (Å²) < 4.78 is 14.4. The van der Waals surface area contributed by atoms with Gasteiger partial charge in [0, 0.05) is 10.6 Å². The van der Waals surface area contributed by atoms with Crippen LogP contribution in [0.3, 0.4) is 0 Å². The molecule has 2 atom stereocenters. The fraction of sp³-hybridized carbons (Fsp3) is 0.364. The van der Waals surface area contributed by atoms with E-state index in [1.54, 1.807) is 6.08 Å². The second kappa shape index (κ2) is 8.17. The maximum Gasteiger partial charge on any atom is 0.152 e. The summed E-state index contributed by atoms with van der Waals surface area (Å²) in [6.45, 7) is 3.96. The van der Waals surface area contributed by atoms with Crippen LogP contribution in [0.25, 0.3) is 0 Å². The molecule has 0 unspecified atom stereocenters. The molecular weight excluding hydrogens is 327 g/mol. The van der Waals surface area contributed by atoms with Gasteiger partial charge in [0.25, 0.3) is 0 Å². The monoisotopic (exact) mass is 354 g/mol. The Labute approximate surface area is 151 Å². The fourth-order valence-corrected chi connectivity index (χ4v) is 7.24. The third-order valence-corrected chi connectivity index (χ3v) is 8.91. The van der Waals surface area contributed by atoms with Gasteiger partial charge < -0.3 is 9.67 Å². The zero-order chi connectivity index (χ0) is 17.7. The van der Waals surface area contributed by atoms with Crippen LogP contribution in [-0.2, 0) is 4.57 Å². The van der Waals surface area contributed by atoms with Crippen molar-refractivity contribution in [3.8, 4) is 0 Å². The van der Waals surface area contributed by atoms with Crippen molar-refractivity contribution in [2.75, 3.05) is 0 Å². The predicted octanol–water partition coefficient (Wildman–Crippen LogP) is 4.50. The molecule has 1 N–H and O–H groups in total. The van der Waals surface area contributed by atoms with Crippen molar-refractivity contribution in [1.29, 1.82) is 0 Å². The molecule has 3 heteroatoms. The molecule has 2 aromatic carbocycles. The van der Waals surface area contributed by atoms with Crippen LogP contribution in [0.2, 0.25) is 0 Å². The van der Waals surface area contributed by atoms with Crippen molar-refractivity contribution in [2.45, 2.75) is 43.9 Å². The van der Waals surface area contributed by atoms with Gasteiger partial charge in [-0.15, -0.1) is 6.58 Å². The molecule has 1 aliphatic carbocycles. The van der Waals surface area contributed by atoms with Crippen molar-refractivity contribution in [3.63, 3.8) is 0 Å². The third kappa shape index (κ3) is 3.66. The highest BCUT2D eigenvalue weighted by Crippen LogP contribution is 2.52. The zero-order valence-corrected chi connectivity index (χ0v) is 15.5. The van der Waals surface area contributed by atoms with Crippen LogP contribution in [0.5, 0.6) is 0 Å². The molecule has 1 fully saturated rings. The van der Waals surface area contributed by atoms with Crippen molar-refractivity contribution in [2.24, 2.45) is 5.92 Å². The molecule has 25 heavy (non-hydrogen) atoms. The quantitative estimate of drug-likeness (QED) is 0.613. The van der Waals surface area contributed by atoms with Gasteiger partial charge in [0.15, 0.2) is 7.14 Å². The van der Waals surface area contributed by atoms with Gasteiger partial charge in [-0.3, -0.25) is 0 Å². The summed E-state index contributed by atoms with van der Waals surface area (Å²) in [4.78, 5) is 0. The second-order valence-electron chi connectivity index (χ2n) is 6.94. The van der Waals surface area contributed by atoms with E-state index in [0.717, 1.165) is 36.3 Å². The first-order valence-corrected chi connectivity index (χ1v) is 11.0. The van der Waals surface area contributed by atoms with E-state index >= 15 is 0 Å². The lowest BCUT2D eigenvalue weighted by Gasteiger charge is -2.35. The van der Waals surface area contributed by atoms with Crippen LogP contribution < -0.4 is 10.6 Å². The van der Waals surface area contributed by atoms with E-state index in [2.05, 4.69) is 6.58 Å². The lowest BCUT2D eigenvalue weighted by molar-refractivity contribution is 0.0897. The lowest BCUT2D eigenvalue weighted by Crippen LogP contribution is -2.38. The van der Waals surface area contributed by atoms with Gasteiger partial charge in [0.2, 0.25) is 0 Å². The molecule has 2 aromatic rings. The number of benzene rings is 2. The average molecular weight is 354 g/mol. The Morgan fingerprint density at radius 2 is 1.40 bits per heavy atom. The molecule has 3 rings (SSSR count). The van der Waals surface area contributed by atoms with Crippen LogP contribution in [0.1, 0.15) is 32.1 Å². The fourth-order valence-electron chi connectivity index (χ4n) is 4.05. The van der Waals surface area contributed by atoms with Crippen LogP contribution >= 0.6 is 7.14 Å². The number of aliphatic hydroxyl groups excluding tert-OH is 1. The predicted molar refractivity (Wildman–Crippen MR) is 106 cm³/mol. The minimum atomic E-state index is -3.03. The molecular formula is C22H27O2P. The van der Waals surface area contributed by atoms with Gasteiger partial charge in [-0.05, 0) is 18.8 Å². The number of hydrogen-bond donors (Lipinski definition) is 1. The molecule has 1 saturated carbocycles. The number of hydrogen-bond acceptors (Lipinski definition) is 2. The molecule has 2 nitrogen and oxygen atoms in total. The minimum Gasteiger partial charge on any atom is -0.392 e. The first-order chi connectivity index (χ1) is 12.2. The summed E-state index contributed by atoms with van der Waals surface area (Å²) in [6, 6.07) is 19.2. The first-order valence-electron chi connectivity index (χ1n) is 9.19. The summed E-state index contributed by atoms with van der Waals surface area (Å²) in [6.07, 6.45) is 6.64. The van der Waals surface area contributed by atoms with E-state index < -0.39 is 18.9 Å². The van der Waals surface area contributed by atoms with Crippen molar-refractivity contribution in [3.05, 3.63) is 73.3 Å². The van der Waals surface area contributed by atoms with Gasteiger partial charge >= 0.3 is 0 Å². The molecule has 0 saturated heterocycles. The van der Waals surface area contributed by atoms with Crippen LogP contribution in [-0.4, -0.2) is 16.9 Å². The molecule has 132 valence electrons. The smallest absolute Gasteiger partial charge is 0.152 e. The molecule has 0 bridgehead atoms. The Morgan fingerprint density at radius 1 is 0.920 bits per heavy atom. The molecule has 0 amide bonds. The maximum atomic E-state index is 14.4. The Morgan fingerprint density at radius 3 is 1.84 bits per heavy atom. The first kappa shape index (κ1) is 18.2. The Bertz CT molecular complexity index is 677. The summed E-state index contributed by atoms with van der Waals surface area (Å²) in [5, 5.41) is 12.7. The summed E-state index contributed by atoms with van der Waals surface area (Å²) in [5.74, 6) is 0.206. The Hall–Kier alpha value is -1.63. The van der Waals surface area contributed by atoms with Crippen LogP contribution in [0.15, 0.2) is 73.3 Å². The van der Waals surface area contributed by atoms with Gasteiger partial charge in [-0.1, -0.05) is 86.0 Å². The number of rotatable bonds is 6. The van der Waals surface area contributed by atoms with Crippen molar-refractivity contribution in [1.82, 2.24) is 0 Å². The van der Waals surface area contributed by atoms with Crippen molar-refractivity contribution >= 4 is 17.8 Å². The Balaban J connectivity index is 2.06. The van der Waals surface area contributed by atoms with Gasteiger partial charge in [0.05, 0.1) is 11.8 Å². The average Bonchev–Trinajstić information content (AvgIpc) is 2.70. The number of aliphatic hydroxyl groups is 1. The summed E-state index contributed by atoms with van der Waals surface area (Å²) in [5.41, 5.74) is -0.458. The summed E-state index contributed by atoms with van der Waals surface area (Å²) in [7, 11) is -3.03. The van der Waals surface area contributed by atoms with Crippen LogP contribution in [0, 0.1) is 5.92 Å². The molecule has 0 aliphatic heterocycles. The summed E-state index contributed by atoms with van der Waals surface area (Å²) >= 11 is 0. The zero-order valence-electron chi connectivity index (χ0n) is 14.6. The molecule has 0 spiro atoms. The molecule has 1 aliphatic rings. The van der Waals surface area contributed by atoms with Crippen LogP contribution in [0.4, 0.5) is 0 Å². The standard InChI is InChI=1S/C22H27O2P/c1-2-21(22(23)18-12-6-3-7-13-18)25(24,19-14-8-4-9-15-19)20-16-10-5-11-17-20/h2,4-5,8-11,14-18,21-23H,1,3,6-7,12-13H2/t21-,22+/m1/s1. The van der Waals surface area contributed by atoms with Gasteiger partial charge in [-0.2, -0.15) is 0 Å². The van der Waals surface area contributed by atoms with E-state index in [1.165, 1.54) is 6.42 Å². The van der Waals surface area contributed by atoms with E-state index in [9.17, 15) is 9.67 Å². The van der Waals surface area contributed by atoms with E-state index in [1.807, 2.05) is 60.7 Å². The Kier molecular flexibility index (Phi) is 5.93. The van der Waals surface area contributed by atoms with E-state index in [0.29, 0.717) is 0 Å². The highest BCUT2D eigenvalue weighted by Gasteiger charge is 2.41. The van der Waals surface area contributed by atoms with Gasteiger partial charge in [0.1, 0.15) is 0 Å². The minimum absolute atomic E-state index is 0.206. The van der Waals surface area contributed by atoms with Crippen molar-refractivity contribution < 1.29 is 9.67 Å². The highest BCUT2D eigenvalue weighted by atomic mass is 31.2. The normalized spacial score (nSPS) is 18.4. The maximum absolute atomic E-state index is 14.4. The van der Waals surface area contributed by atoms with E-state index in [-0.39, 0.29) is 5.92 Å². The second-order valence-corrected chi connectivity index (χ2v) is 9.89. The highest BCUT2D eigenvalue weighted by molar-refractivity contribution is 7.79. The molecule has 0 aromatic heterocycles. The van der Waals surface area contributed by atoms with E-state index in [4.69, 9.17) is 0 Å². The largest absolute Gasteiger partial charge is 0.392 e. The molecule has 0 heterocycles. The lowest BCUT2D eigenvalue weighted by atomic mass is 9.84.